The summed E-state index contributed by atoms with van der Waals surface area (Å²) in [6, 6.07) is 14.9. The van der Waals surface area contributed by atoms with Crippen LogP contribution in [0.1, 0.15) is 30.0 Å². The third kappa shape index (κ3) is 5.09. The third-order valence-corrected chi connectivity index (χ3v) is 4.95. The van der Waals surface area contributed by atoms with Crippen molar-refractivity contribution in [3.8, 4) is 0 Å². The fraction of sp³-hybridized carbons (Fsp3) is 0.333. The molecule has 0 saturated carbocycles. The zero-order valence-corrected chi connectivity index (χ0v) is 16.2. The number of halogens is 1. The zero-order valence-electron chi connectivity index (χ0n) is 15.5. The largest absolute Gasteiger partial charge is 0.357 e. The van der Waals surface area contributed by atoms with Crippen molar-refractivity contribution < 1.29 is 9.59 Å². The summed E-state index contributed by atoms with van der Waals surface area (Å²) in [5.41, 5.74) is 3.07. The van der Waals surface area contributed by atoms with Gasteiger partial charge in [-0.2, -0.15) is 0 Å². The maximum atomic E-state index is 12.9. The molecule has 26 heavy (non-hydrogen) atoms. The van der Waals surface area contributed by atoms with Gasteiger partial charge in [0.25, 0.3) is 0 Å². The highest BCUT2D eigenvalue weighted by atomic mass is 35.5. The molecule has 1 N–H and O–H groups in total. The molecule has 2 amide bonds. The third-order valence-electron chi connectivity index (χ3n) is 4.58. The van der Waals surface area contributed by atoms with Crippen LogP contribution in [0.5, 0.6) is 0 Å². The number of amides is 2. The Balaban J connectivity index is 2.17. The standard InChI is InChI=1S/C21H25ClN2O2/c1-15-8-4-5-10-18(15)14-24(16(2)21(26)23-3)20(25)13-12-17-9-6-7-11-19(17)22/h4-11,16H,12-14H2,1-3H3,(H,23,26)/t16-/m1/s1. The van der Waals surface area contributed by atoms with Crippen LogP contribution in [0, 0.1) is 6.92 Å². The number of hydrogen-bond acceptors (Lipinski definition) is 2. The van der Waals surface area contributed by atoms with E-state index in [2.05, 4.69) is 5.32 Å². The van der Waals surface area contributed by atoms with Crippen LogP contribution in [0.2, 0.25) is 5.02 Å². The second kappa shape index (κ2) is 9.39. The number of hydrogen-bond donors (Lipinski definition) is 1. The minimum atomic E-state index is -0.543. The first kappa shape index (κ1) is 20.0. The quantitative estimate of drug-likeness (QED) is 0.804. The molecule has 0 bridgehead atoms. The van der Waals surface area contributed by atoms with Crippen LogP contribution in [0.3, 0.4) is 0 Å². The molecule has 138 valence electrons. The number of likely N-dealkylation sites (N-methyl/N-ethyl adjacent to an activating group) is 1. The molecular formula is C21H25ClN2O2. The Hall–Kier alpha value is -2.33. The molecule has 0 aromatic heterocycles. The molecule has 0 aliphatic carbocycles. The van der Waals surface area contributed by atoms with E-state index in [0.29, 0.717) is 24.4 Å². The molecule has 0 aliphatic rings. The van der Waals surface area contributed by atoms with Gasteiger partial charge in [-0.25, -0.2) is 0 Å². The summed E-state index contributed by atoms with van der Waals surface area (Å²) in [5.74, 6) is -0.242. The predicted molar refractivity (Wildman–Crippen MR) is 105 cm³/mol. The first-order valence-corrected chi connectivity index (χ1v) is 9.10. The molecule has 2 rings (SSSR count). The molecule has 0 spiro atoms. The van der Waals surface area contributed by atoms with Crippen molar-refractivity contribution in [2.75, 3.05) is 7.05 Å². The Kier molecular flexibility index (Phi) is 7.22. The van der Waals surface area contributed by atoms with Crippen LogP contribution < -0.4 is 5.32 Å². The lowest BCUT2D eigenvalue weighted by molar-refractivity contribution is -0.140. The first-order chi connectivity index (χ1) is 12.4. The summed E-state index contributed by atoms with van der Waals surface area (Å²) < 4.78 is 0. The highest BCUT2D eigenvalue weighted by Crippen LogP contribution is 2.19. The number of rotatable bonds is 7. The molecule has 5 heteroatoms. The summed E-state index contributed by atoms with van der Waals surface area (Å²) >= 11 is 6.18. The normalized spacial score (nSPS) is 11.7. The second-order valence-corrected chi connectivity index (χ2v) is 6.74. The van der Waals surface area contributed by atoms with Crippen LogP contribution in [0.15, 0.2) is 48.5 Å². The highest BCUT2D eigenvalue weighted by molar-refractivity contribution is 6.31. The van der Waals surface area contributed by atoms with E-state index in [1.54, 1.807) is 18.9 Å². The smallest absolute Gasteiger partial charge is 0.242 e. The highest BCUT2D eigenvalue weighted by Gasteiger charge is 2.25. The molecule has 4 nitrogen and oxygen atoms in total. The van der Waals surface area contributed by atoms with Gasteiger partial charge in [0.05, 0.1) is 0 Å². The van der Waals surface area contributed by atoms with Crippen molar-refractivity contribution in [3.63, 3.8) is 0 Å². The molecule has 0 aliphatic heterocycles. The van der Waals surface area contributed by atoms with E-state index in [9.17, 15) is 9.59 Å². The number of carbonyl (C=O) groups is 2. The molecule has 2 aromatic rings. The van der Waals surface area contributed by atoms with E-state index in [-0.39, 0.29) is 11.8 Å². The van der Waals surface area contributed by atoms with Crippen LogP contribution >= 0.6 is 11.6 Å². The summed E-state index contributed by atoms with van der Waals surface area (Å²) in [6.45, 7) is 4.17. The van der Waals surface area contributed by atoms with Crippen LogP contribution in [-0.4, -0.2) is 29.8 Å². The van der Waals surface area contributed by atoms with Crippen LogP contribution in [0.4, 0.5) is 0 Å². The fourth-order valence-corrected chi connectivity index (χ4v) is 3.08. The van der Waals surface area contributed by atoms with Gasteiger partial charge in [0, 0.05) is 25.0 Å². The molecule has 0 heterocycles. The lowest BCUT2D eigenvalue weighted by Crippen LogP contribution is -2.46. The zero-order chi connectivity index (χ0) is 19.1. The van der Waals surface area contributed by atoms with Crippen molar-refractivity contribution in [3.05, 3.63) is 70.2 Å². The van der Waals surface area contributed by atoms with E-state index in [1.807, 2.05) is 55.5 Å². The summed E-state index contributed by atoms with van der Waals surface area (Å²) in [5, 5.41) is 3.29. The van der Waals surface area contributed by atoms with Crippen molar-refractivity contribution in [2.45, 2.75) is 39.3 Å². The van der Waals surface area contributed by atoms with Crippen molar-refractivity contribution in [1.29, 1.82) is 0 Å². The molecule has 1 atom stereocenters. The van der Waals surface area contributed by atoms with E-state index >= 15 is 0 Å². The maximum Gasteiger partial charge on any atom is 0.242 e. The van der Waals surface area contributed by atoms with Crippen molar-refractivity contribution in [1.82, 2.24) is 10.2 Å². The second-order valence-electron chi connectivity index (χ2n) is 6.33. The summed E-state index contributed by atoms with van der Waals surface area (Å²) in [4.78, 5) is 26.7. The molecule has 0 saturated heterocycles. The average Bonchev–Trinajstić information content (AvgIpc) is 2.65. The molecule has 0 unspecified atom stereocenters. The molecule has 0 fully saturated rings. The number of aryl methyl sites for hydroxylation is 2. The maximum absolute atomic E-state index is 12.9. The molecule has 2 aromatic carbocycles. The van der Waals surface area contributed by atoms with Gasteiger partial charge in [0.1, 0.15) is 6.04 Å². The number of benzene rings is 2. The Bertz CT molecular complexity index is 776. The van der Waals surface area contributed by atoms with Gasteiger partial charge in [-0.05, 0) is 43.0 Å². The van der Waals surface area contributed by atoms with Gasteiger partial charge in [-0.15, -0.1) is 0 Å². The van der Waals surface area contributed by atoms with Crippen LogP contribution in [0.25, 0.3) is 0 Å². The Morgan fingerprint density at radius 1 is 1.08 bits per heavy atom. The average molecular weight is 373 g/mol. The van der Waals surface area contributed by atoms with Crippen molar-refractivity contribution >= 4 is 23.4 Å². The van der Waals surface area contributed by atoms with Gasteiger partial charge in [0.15, 0.2) is 0 Å². The minimum absolute atomic E-state index is 0.0655. The monoisotopic (exact) mass is 372 g/mol. The molecular weight excluding hydrogens is 348 g/mol. The lowest BCUT2D eigenvalue weighted by atomic mass is 10.1. The SMILES string of the molecule is CNC(=O)[C@@H](C)N(Cc1ccccc1C)C(=O)CCc1ccccc1Cl. The topological polar surface area (TPSA) is 49.4 Å². The van der Waals surface area contributed by atoms with E-state index in [0.717, 1.165) is 16.7 Å². The predicted octanol–water partition coefficient (Wildman–Crippen LogP) is 3.74. The Labute approximate surface area is 160 Å². The fourth-order valence-electron chi connectivity index (χ4n) is 2.85. The summed E-state index contributed by atoms with van der Waals surface area (Å²) in [6.07, 6.45) is 0.847. The number of nitrogens with one attached hydrogen (secondary N) is 1. The van der Waals surface area contributed by atoms with Crippen molar-refractivity contribution in [2.24, 2.45) is 0 Å². The van der Waals surface area contributed by atoms with E-state index < -0.39 is 6.04 Å². The van der Waals surface area contributed by atoms with E-state index in [1.165, 1.54) is 0 Å². The van der Waals surface area contributed by atoms with Gasteiger partial charge in [0.2, 0.25) is 11.8 Å². The van der Waals surface area contributed by atoms with E-state index in [4.69, 9.17) is 11.6 Å². The van der Waals surface area contributed by atoms with Crippen LogP contribution in [-0.2, 0) is 22.6 Å². The number of nitrogens with zero attached hydrogens (tertiary/aromatic N) is 1. The van der Waals surface area contributed by atoms with Gasteiger partial charge in [-0.3, -0.25) is 9.59 Å². The Morgan fingerprint density at radius 2 is 1.69 bits per heavy atom. The van der Waals surface area contributed by atoms with Gasteiger partial charge < -0.3 is 10.2 Å². The Morgan fingerprint density at radius 3 is 2.31 bits per heavy atom. The first-order valence-electron chi connectivity index (χ1n) is 8.73. The van der Waals surface area contributed by atoms with Gasteiger partial charge in [-0.1, -0.05) is 54.1 Å². The molecule has 0 radical (unpaired) electrons. The number of carbonyl (C=O) groups excluding carboxylic acids is 2. The van der Waals surface area contributed by atoms with Gasteiger partial charge >= 0.3 is 0 Å². The minimum Gasteiger partial charge on any atom is -0.357 e. The lowest BCUT2D eigenvalue weighted by Gasteiger charge is -2.29. The summed E-state index contributed by atoms with van der Waals surface area (Å²) in [7, 11) is 1.58.